The van der Waals surface area contributed by atoms with Crippen LogP contribution in [0.4, 0.5) is 10.3 Å². The summed E-state index contributed by atoms with van der Waals surface area (Å²) in [5.41, 5.74) is -0.401. The lowest BCUT2D eigenvalue weighted by atomic mass is 10.1. The Labute approximate surface area is 270 Å². The first-order valence-corrected chi connectivity index (χ1v) is 17.1. The molecule has 48 heavy (non-hydrogen) atoms. The monoisotopic (exact) mass is 716 g/mol. The minimum absolute atomic E-state index is 0.0729. The Morgan fingerprint density at radius 1 is 1.21 bits per heavy atom. The molecule has 4 aromatic heterocycles. The van der Waals surface area contributed by atoms with E-state index in [2.05, 4.69) is 39.9 Å². The SMILES string of the molecule is CC(C)C(=O)Nc1nc2c(ncn2[C@@H]2O[C@H](CO)C[C@H]2OS(=O)(=O)NC[C@H]2O[C@@H](n3cnc4cncnc43)[C@H](F)[C@@H]2O[PH](=O)O)c(=O)[nH]1. The molecule has 0 saturated carbocycles. The Morgan fingerprint density at radius 2 is 1.96 bits per heavy atom. The van der Waals surface area contributed by atoms with Crippen LogP contribution in [0.3, 0.4) is 0 Å². The summed E-state index contributed by atoms with van der Waals surface area (Å²) in [5.74, 6) is -1.04. The highest BCUT2D eigenvalue weighted by Crippen LogP contribution is 2.39. The summed E-state index contributed by atoms with van der Waals surface area (Å²) in [7, 11) is -8.39. The lowest BCUT2D eigenvalue weighted by Gasteiger charge is -2.22. The number of aromatic nitrogens is 8. The summed E-state index contributed by atoms with van der Waals surface area (Å²) in [4.78, 5) is 56.9. The van der Waals surface area contributed by atoms with Gasteiger partial charge in [-0.25, -0.2) is 28.5 Å². The number of alkyl halides is 1. The third-order valence-electron chi connectivity index (χ3n) is 7.55. The smallest absolute Gasteiger partial charge is 0.336 e. The van der Waals surface area contributed by atoms with Crippen LogP contribution in [0.2, 0.25) is 0 Å². The van der Waals surface area contributed by atoms with Crippen molar-refractivity contribution in [3.05, 3.63) is 35.5 Å². The van der Waals surface area contributed by atoms with E-state index in [0.717, 1.165) is 0 Å². The minimum Gasteiger partial charge on any atom is -0.394 e. The number of nitrogens with zero attached hydrogens (tertiary/aromatic N) is 7. The van der Waals surface area contributed by atoms with E-state index in [4.69, 9.17) is 18.2 Å². The number of imidazole rings is 2. The van der Waals surface area contributed by atoms with Gasteiger partial charge in [0, 0.05) is 18.9 Å². The lowest BCUT2D eigenvalue weighted by Crippen LogP contribution is -2.41. The van der Waals surface area contributed by atoms with E-state index in [1.165, 1.54) is 34.3 Å². The minimum atomic E-state index is -4.70. The van der Waals surface area contributed by atoms with Crippen LogP contribution in [0.5, 0.6) is 0 Å². The van der Waals surface area contributed by atoms with Crippen LogP contribution in [0.1, 0.15) is 32.7 Å². The molecule has 0 aliphatic carbocycles. The molecule has 1 unspecified atom stereocenters. The third-order valence-corrected chi connectivity index (χ3v) is 9.04. The van der Waals surface area contributed by atoms with Gasteiger partial charge in [-0.15, -0.1) is 0 Å². The number of halogens is 1. The second-order valence-corrected chi connectivity index (χ2v) is 13.3. The number of aliphatic hydroxyl groups excluding tert-OH is 1. The number of carbonyl (C=O) groups excluding carboxylic acids is 1. The largest absolute Gasteiger partial charge is 0.394 e. The van der Waals surface area contributed by atoms with Gasteiger partial charge < -0.3 is 24.0 Å². The third kappa shape index (κ3) is 6.86. The first-order valence-electron chi connectivity index (χ1n) is 14.4. The van der Waals surface area contributed by atoms with E-state index >= 15 is 4.39 Å². The van der Waals surface area contributed by atoms with Crippen molar-refractivity contribution in [1.82, 2.24) is 43.8 Å². The topological polar surface area (TPSA) is 277 Å². The molecule has 6 rings (SSSR count). The van der Waals surface area contributed by atoms with E-state index in [1.54, 1.807) is 13.8 Å². The molecule has 2 aliphatic heterocycles. The van der Waals surface area contributed by atoms with E-state index in [-0.39, 0.29) is 29.2 Å². The molecule has 8 atom stereocenters. The highest BCUT2D eigenvalue weighted by Gasteiger charge is 2.49. The van der Waals surface area contributed by atoms with Crippen molar-refractivity contribution in [2.75, 3.05) is 18.5 Å². The van der Waals surface area contributed by atoms with Crippen molar-refractivity contribution >= 4 is 52.7 Å². The van der Waals surface area contributed by atoms with Gasteiger partial charge >= 0.3 is 18.6 Å². The molecule has 0 aromatic carbocycles. The van der Waals surface area contributed by atoms with Crippen LogP contribution < -0.4 is 15.6 Å². The van der Waals surface area contributed by atoms with E-state index < -0.39 is 92.1 Å². The zero-order valence-corrected chi connectivity index (χ0v) is 26.9. The maximum Gasteiger partial charge on any atom is 0.336 e. The number of rotatable bonds is 12. The average molecular weight is 717 g/mol. The van der Waals surface area contributed by atoms with Crippen molar-refractivity contribution < 1.29 is 50.3 Å². The standard InChI is InChI=1S/C24H30FN10O11PS/c1-10(2)20(37)32-24-31-19-16(21(38)33-24)29-9-35(19)22-13(3-11(6-36)43-22)46-48(41,42)30-5-14-17(45-47(39)40)15(25)23(44-14)34-8-28-12-4-26-7-27-18(12)34/h4,7-11,13-15,17,22-23,30,36,47H,3,5-6H2,1-2H3,(H,39,40)(H2,31,32,33,37,38)/t11-,13+,14+,15+,17+,22+,23+/m0/s1. The summed E-state index contributed by atoms with van der Waals surface area (Å²) < 4.78 is 80.0. The Hall–Kier alpha value is -3.80. The molecule has 5 N–H and O–H groups in total. The molecule has 2 aliphatic rings. The number of hydrogen-bond donors (Lipinski definition) is 5. The summed E-state index contributed by atoms with van der Waals surface area (Å²) in [6.07, 6.45) is -5.23. The molecular formula is C24H30FN10O11PS. The highest BCUT2D eigenvalue weighted by atomic mass is 32.2. The summed E-state index contributed by atoms with van der Waals surface area (Å²) in [6.45, 7) is 2.11. The number of hydrogen-bond acceptors (Lipinski definition) is 15. The molecule has 0 bridgehead atoms. The van der Waals surface area contributed by atoms with Crippen LogP contribution in [-0.2, 0) is 37.8 Å². The van der Waals surface area contributed by atoms with Crippen LogP contribution >= 0.6 is 8.25 Å². The fourth-order valence-electron chi connectivity index (χ4n) is 5.29. The fraction of sp³-hybridized carbons (Fsp3) is 0.542. The van der Waals surface area contributed by atoms with Crippen molar-refractivity contribution in [2.24, 2.45) is 5.92 Å². The maximum absolute atomic E-state index is 15.6. The van der Waals surface area contributed by atoms with Crippen LogP contribution in [0, 0.1) is 5.92 Å². The summed E-state index contributed by atoms with van der Waals surface area (Å²) in [6, 6.07) is 0. The van der Waals surface area contributed by atoms with E-state index in [0.29, 0.717) is 5.52 Å². The molecule has 2 saturated heterocycles. The predicted octanol–water partition coefficient (Wildman–Crippen LogP) is -0.944. The van der Waals surface area contributed by atoms with Crippen LogP contribution in [0.15, 0.2) is 30.0 Å². The number of aromatic amines is 1. The van der Waals surface area contributed by atoms with Gasteiger partial charge in [-0.05, 0) is 0 Å². The number of fused-ring (bicyclic) bond motifs is 2. The molecule has 2 fully saturated rings. The molecular weight excluding hydrogens is 686 g/mol. The van der Waals surface area contributed by atoms with Gasteiger partial charge in [0.1, 0.15) is 30.2 Å². The molecule has 6 heterocycles. The normalized spacial score (nSPS) is 26.9. The number of carbonyl (C=O) groups is 1. The maximum atomic E-state index is 15.6. The number of ether oxygens (including phenoxy) is 2. The Morgan fingerprint density at radius 3 is 2.69 bits per heavy atom. The van der Waals surface area contributed by atoms with Crippen LogP contribution in [0.25, 0.3) is 22.3 Å². The predicted molar refractivity (Wildman–Crippen MR) is 159 cm³/mol. The number of anilines is 1. The second-order valence-electron chi connectivity index (χ2n) is 11.1. The molecule has 0 spiro atoms. The second kappa shape index (κ2) is 13.6. The van der Waals surface area contributed by atoms with Gasteiger partial charge in [0.25, 0.3) is 5.56 Å². The number of H-pyrrole nitrogens is 1. The highest BCUT2D eigenvalue weighted by molar-refractivity contribution is 7.84. The molecule has 4 aromatic rings. The first kappa shape index (κ1) is 34.1. The molecule has 24 heteroatoms. The first-order chi connectivity index (χ1) is 22.8. The van der Waals surface area contributed by atoms with Crippen LogP contribution in [-0.4, -0.2) is 107 Å². The summed E-state index contributed by atoms with van der Waals surface area (Å²) >= 11 is 0. The van der Waals surface area contributed by atoms with E-state index in [1.807, 2.05) is 0 Å². The van der Waals surface area contributed by atoms with Gasteiger partial charge in [-0.1, -0.05) is 13.8 Å². The zero-order chi connectivity index (χ0) is 34.3. The molecule has 21 nitrogen and oxygen atoms in total. The van der Waals surface area contributed by atoms with Crippen molar-refractivity contribution in [3.63, 3.8) is 0 Å². The number of amides is 1. The Balaban J connectivity index is 1.21. The quantitative estimate of drug-likeness (QED) is 0.111. The van der Waals surface area contributed by atoms with Crippen molar-refractivity contribution in [2.45, 2.75) is 63.3 Å². The van der Waals surface area contributed by atoms with Crippen molar-refractivity contribution in [3.8, 4) is 0 Å². The van der Waals surface area contributed by atoms with Crippen molar-refractivity contribution in [1.29, 1.82) is 0 Å². The molecule has 260 valence electrons. The van der Waals surface area contributed by atoms with Gasteiger partial charge in [-0.2, -0.15) is 18.1 Å². The van der Waals surface area contributed by atoms with Gasteiger partial charge in [0.2, 0.25) is 11.9 Å². The zero-order valence-electron chi connectivity index (χ0n) is 25.0. The number of nitrogens with one attached hydrogen (secondary N) is 3. The average Bonchev–Trinajstić information content (AvgIpc) is 3.81. The summed E-state index contributed by atoms with van der Waals surface area (Å²) in [5, 5.41) is 12.3. The van der Waals surface area contributed by atoms with Gasteiger partial charge in [0.15, 0.2) is 35.4 Å². The van der Waals surface area contributed by atoms with Gasteiger partial charge in [-0.3, -0.25) is 33.6 Å². The molecule has 0 radical (unpaired) electrons. The Kier molecular flexibility index (Phi) is 9.66. The molecule has 1 amide bonds. The van der Waals surface area contributed by atoms with E-state index in [9.17, 15) is 32.6 Å². The Bertz CT molecular complexity index is 2010. The van der Waals surface area contributed by atoms with Gasteiger partial charge in [0.05, 0.1) is 31.6 Å². The fourth-order valence-corrected chi connectivity index (χ4v) is 6.74. The number of aliphatic hydroxyl groups is 1. The lowest BCUT2D eigenvalue weighted by molar-refractivity contribution is -0.118.